The number of hydrogen-bond acceptors (Lipinski definition) is 12. The zero-order valence-corrected chi connectivity index (χ0v) is 42.8. The Morgan fingerprint density at radius 3 is 1.72 bits per heavy atom. The topological polar surface area (TPSA) is 187 Å². The summed E-state index contributed by atoms with van der Waals surface area (Å²) < 4.78 is 28.5. The molecule has 364 valence electrons. The number of aliphatic hydroxyl groups excluding tert-OH is 1. The first kappa shape index (κ1) is 52.1. The second kappa shape index (κ2) is 22.4. The first-order valence-corrected chi connectivity index (χ1v) is 23.7. The van der Waals surface area contributed by atoms with Crippen molar-refractivity contribution >= 4 is 77.8 Å². The van der Waals surface area contributed by atoms with Gasteiger partial charge in [-0.3, -0.25) is 14.6 Å². The van der Waals surface area contributed by atoms with Crippen LogP contribution in [0.4, 0.5) is 9.59 Å². The van der Waals surface area contributed by atoms with Gasteiger partial charge < -0.3 is 33.8 Å². The van der Waals surface area contributed by atoms with Crippen LogP contribution in [0.2, 0.25) is 0 Å². The summed E-state index contributed by atoms with van der Waals surface area (Å²) in [5, 5.41) is 11.5. The van der Waals surface area contributed by atoms with E-state index in [-0.39, 0.29) is 31.5 Å². The maximum absolute atomic E-state index is 12.8. The van der Waals surface area contributed by atoms with E-state index in [0.29, 0.717) is 11.4 Å². The van der Waals surface area contributed by atoms with Gasteiger partial charge in [-0.15, -0.1) is 0 Å². The molecule has 2 fully saturated rings. The van der Waals surface area contributed by atoms with Crippen molar-refractivity contribution in [2.75, 3.05) is 27.3 Å². The number of aromatic amines is 1. The number of pyridine rings is 2. The van der Waals surface area contributed by atoms with Crippen LogP contribution in [0.15, 0.2) is 123 Å². The molecule has 0 aliphatic carbocycles. The highest BCUT2D eigenvalue weighted by Crippen LogP contribution is 2.36. The quantitative estimate of drug-likeness (QED) is 0.119. The molecule has 0 bridgehead atoms. The monoisotopic (exact) mass is 1070 g/mol. The number of nitrogens with one attached hydrogen (secondary N) is 1. The minimum Gasteiger partial charge on any atom is -0.472 e. The second-order valence-corrected chi connectivity index (χ2v) is 20.2. The number of nitrogens with zero attached hydrogens (tertiary/aromatic N) is 3. The molecule has 0 radical (unpaired) electrons. The molecule has 69 heavy (non-hydrogen) atoms. The Labute approximate surface area is 417 Å². The Kier molecular flexibility index (Phi) is 16.9. The highest BCUT2D eigenvalue weighted by atomic mass is 79.9. The molecule has 2 aliphatic rings. The first-order chi connectivity index (χ1) is 32.6. The van der Waals surface area contributed by atoms with E-state index in [9.17, 15) is 29.1 Å². The van der Waals surface area contributed by atoms with Crippen molar-refractivity contribution < 1.29 is 48.0 Å². The molecule has 2 aromatic heterocycles. The Morgan fingerprint density at radius 2 is 1.16 bits per heavy atom. The Balaban J connectivity index is 0.000000188. The number of benzene rings is 4. The third-order valence-corrected chi connectivity index (χ3v) is 11.7. The number of halogens is 2. The molecule has 4 atom stereocenters. The zero-order chi connectivity index (χ0) is 50.2. The normalized spacial score (nSPS) is 17.8. The van der Waals surface area contributed by atoms with Gasteiger partial charge in [0.15, 0.2) is 0 Å². The van der Waals surface area contributed by atoms with Crippen molar-refractivity contribution in [1.82, 2.24) is 19.8 Å². The number of carbonyl (C=O) groups excluding carboxylic acids is 4. The van der Waals surface area contributed by atoms with Gasteiger partial charge in [0.2, 0.25) is 5.88 Å². The molecule has 17 heteroatoms. The van der Waals surface area contributed by atoms with E-state index in [4.69, 9.17) is 23.9 Å². The van der Waals surface area contributed by atoms with Gasteiger partial charge in [-0.2, -0.15) is 0 Å². The Hall–Kier alpha value is -6.30. The van der Waals surface area contributed by atoms with Gasteiger partial charge in [-0.1, -0.05) is 92.5 Å². The number of methoxy groups -OCH3 is 2. The highest BCUT2D eigenvalue weighted by molar-refractivity contribution is 9.10. The molecule has 0 saturated carbocycles. The van der Waals surface area contributed by atoms with Crippen LogP contribution >= 0.6 is 31.9 Å². The predicted molar refractivity (Wildman–Crippen MR) is 270 cm³/mol. The summed E-state index contributed by atoms with van der Waals surface area (Å²) in [6.45, 7) is 10.8. The molecule has 6 aromatic rings. The Bertz CT molecular complexity index is 2880. The van der Waals surface area contributed by atoms with Crippen molar-refractivity contribution in [1.29, 1.82) is 0 Å². The lowest BCUT2D eigenvalue weighted by atomic mass is 10.0. The number of fused-ring (bicyclic) bond motifs is 2. The lowest BCUT2D eigenvalue weighted by Gasteiger charge is -2.27. The number of rotatable bonds is 6. The Morgan fingerprint density at radius 1 is 0.652 bits per heavy atom. The molecule has 2 amide bonds. The van der Waals surface area contributed by atoms with Gasteiger partial charge in [0.25, 0.3) is 5.56 Å². The van der Waals surface area contributed by atoms with Crippen LogP contribution in [0.25, 0.3) is 44.1 Å². The van der Waals surface area contributed by atoms with Crippen LogP contribution in [0.3, 0.4) is 0 Å². The number of esters is 2. The minimum atomic E-state index is -0.792. The molecule has 2 N–H and O–H groups in total. The number of likely N-dealkylation sites (tertiary alicyclic amines) is 2. The number of aromatic nitrogens is 2. The number of aliphatic hydroxyl groups is 1. The van der Waals surface area contributed by atoms with Gasteiger partial charge in [0, 0.05) is 43.8 Å². The minimum absolute atomic E-state index is 0.0631. The zero-order valence-electron chi connectivity index (χ0n) is 39.7. The maximum Gasteiger partial charge on any atom is 0.411 e. The average molecular weight is 1070 g/mol. The summed E-state index contributed by atoms with van der Waals surface area (Å²) in [5.41, 5.74) is 3.64. The molecule has 4 heterocycles. The van der Waals surface area contributed by atoms with E-state index in [1.807, 2.05) is 109 Å². The van der Waals surface area contributed by atoms with E-state index >= 15 is 0 Å². The van der Waals surface area contributed by atoms with E-state index < -0.39 is 59.6 Å². The number of H-pyrrole nitrogens is 1. The van der Waals surface area contributed by atoms with Gasteiger partial charge in [0.1, 0.15) is 29.4 Å². The highest BCUT2D eigenvalue weighted by Gasteiger charge is 2.44. The predicted octanol–water partition coefficient (Wildman–Crippen LogP) is 10.1. The van der Waals surface area contributed by atoms with Crippen LogP contribution in [0, 0.1) is 0 Å². The maximum atomic E-state index is 12.8. The summed E-state index contributed by atoms with van der Waals surface area (Å²) in [7, 11) is 2.56. The van der Waals surface area contributed by atoms with E-state index in [0.717, 1.165) is 47.4 Å². The number of β-amino-alcohol motifs (C(OH)–C–C–N with tert-alkyl or cyclic N) is 1. The van der Waals surface area contributed by atoms with Crippen LogP contribution in [-0.2, 0) is 28.5 Å². The van der Waals surface area contributed by atoms with Crippen LogP contribution in [-0.4, -0.2) is 112 Å². The number of para-hydroxylation sites is 2. The van der Waals surface area contributed by atoms with E-state index in [1.54, 1.807) is 41.5 Å². The van der Waals surface area contributed by atoms with Crippen LogP contribution in [0.1, 0.15) is 54.4 Å². The van der Waals surface area contributed by atoms with Crippen molar-refractivity contribution in [2.45, 2.75) is 89.9 Å². The molecule has 0 spiro atoms. The number of amides is 2. The van der Waals surface area contributed by atoms with Crippen molar-refractivity contribution in [3.63, 3.8) is 0 Å². The lowest BCUT2D eigenvalue weighted by Crippen LogP contribution is -2.44. The molecular formula is C52H56Br2N4O11. The SMILES string of the molecule is COC(=O)[C@@H]1C[C@@H](Oc2nc3ccccc3cc2-c2cccc(Br)c2)CN1C(=O)OC(C)(C)C.COC(=O)[C@@H]1C[C@H](O)CN1C(=O)OC(C)(C)C.O=c1[nH]c2ccccc2cc1-c1cccc(Br)c1. The summed E-state index contributed by atoms with van der Waals surface area (Å²) in [6, 6.07) is 33.6. The fraction of sp³-hybridized carbons (Fsp3) is 0.346. The summed E-state index contributed by atoms with van der Waals surface area (Å²) in [6.07, 6.45) is -1.90. The van der Waals surface area contributed by atoms with Crippen LogP contribution in [0.5, 0.6) is 5.88 Å². The second-order valence-electron chi connectivity index (χ2n) is 18.4. The molecule has 4 aromatic carbocycles. The smallest absolute Gasteiger partial charge is 0.411 e. The van der Waals surface area contributed by atoms with Crippen molar-refractivity contribution in [3.05, 3.63) is 128 Å². The fourth-order valence-corrected chi connectivity index (χ4v) is 8.49. The lowest BCUT2D eigenvalue weighted by molar-refractivity contribution is -0.146. The van der Waals surface area contributed by atoms with Crippen molar-refractivity contribution in [2.24, 2.45) is 0 Å². The molecule has 15 nitrogen and oxygen atoms in total. The van der Waals surface area contributed by atoms with Crippen LogP contribution < -0.4 is 10.3 Å². The number of ether oxygens (including phenoxy) is 5. The fourth-order valence-electron chi connectivity index (χ4n) is 7.69. The molecule has 2 aliphatic heterocycles. The third kappa shape index (κ3) is 13.9. The van der Waals surface area contributed by atoms with Gasteiger partial charge >= 0.3 is 24.1 Å². The van der Waals surface area contributed by atoms with Gasteiger partial charge in [0.05, 0.1) is 38.9 Å². The average Bonchev–Trinajstić information content (AvgIpc) is 3.91. The number of carbonyl (C=O) groups is 4. The standard InChI is InChI=1S/C26H27BrN2O5.C15H10BrNO.C11H19NO5/c1-26(2,3)34-25(31)29-15-19(14-22(29)24(30)32-4)33-23-20(16-9-7-10-18(27)12-16)13-17-8-5-6-11-21(17)28-23;16-12-6-3-5-10(8-12)13-9-11-4-1-2-7-14(11)17-15(13)18;1-11(2,3)17-10(15)12-6-7(13)5-8(12)9(14)16-4/h5-13,19,22H,14-15H2,1-4H3;1-9H,(H,17,18);7-8,13H,5-6H2,1-4H3/t19-,22+;;7-,8-/m1.0/s1. The molecular weight excluding hydrogens is 1020 g/mol. The van der Waals surface area contributed by atoms with Gasteiger partial charge in [-0.25, -0.2) is 24.2 Å². The first-order valence-electron chi connectivity index (χ1n) is 22.2. The number of hydrogen-bond donors (Lipinski definition) is 2. The largest absolute Gasteiger partial charge is 0.472 e. The van der Waals surface area contributed by atoms with Crippen molar-refractivity contribution in [3.8, 4) is 28.1 Å². The summed E-state index contributed by atoms with van der Waals surface area (Å²) in [4.78, 5) is 70.9. The molecule has 8 rings (SSSR count). The van der Waals surface area contributed by atoms with E-state index in [1.165, 1.54) is 24.0 Å². The summed E-state index contributed by atoms with van der Waals surface area (Å²) >= 11 is 6.95. The van der Waals surface area contributed by atoms with E-state index in [2.05, 4.69) is 41.6 Å². The molecule has 0 unspecified atom stereocenters. The summed E-state index contributed by atoms with van der Waals surface area (Å²) in [5.74, 6) is -0.598. The van der Waals surface area contributed by atoms with Gasteiger partial charge in [-0.05, 0) is 107 Å². The third-order valence-electron chi connectivity index (χ3n) is 10.7. The molecule has 2 saturated heterocycles.